The van der Waals surface area contributed by atoms with Gasteiger partial charge in [0.15, 0.2) is 16.3 Å². The number of carbonyl (C=O) groups excluding carboxylic acids is 1. The summed E-state index contributed by atoms with van der Waals surface area (Å²) in [5, 5.41) is 0.652. The van der Waals surface area contributed by atoms with Crippen molar-refractivity contribution < 1.29 is 19.0 Å². The number of thiazole rings is 1. The van der Waals surface area contributed by atoms with Crippen molar-refractivity contribution in [2.24, 2.45) is 4.99 Å². The number of nitrogens with zero attached hydrogens (tertiary/aromatic N) is 2. The largest absolute Gasteiger partial charge is 0.493 e. The van der Waals surface area contributed by atoms with Gasteiger partial charge < -0.3 is 18.8 Å². The number of methoxy groups -OCH3 is 2. The Kier molecular flexibility index (Phi) is 7.30. The van der Waals surface area contributed by atoms with Crippen LogP contribution in [0.3, 0.4) is 0 Å². The van der Waals surface area contributed by atoms with Gasteiger partial charge in [-0.25, -0.2) is 0 Å². The average molecular weight is 435 g/mol. The van der Waals surface area contributed by atoms with E-state index in [-0.39, 0.29) is 12.3 Å². The van der Waals surface area contributed by atoms with E-state index >= 15 is 0 Å². The molecule has 1 amide bonds. The van der Waals surface area contributed by atoms with Crippen LogP contribution in [0.4, 0.5) is 0 Å². The Bertz CT molecular complexity index is 1070. The first kappa shape index (κ1) is 21.4. The lowest BCUT2D eigenvalue weighted by Gasteiger charge is -2.08. The van der Waals surface area contributed by atoms with Crippen molar-refractivity contribution in [3.8, 4) is 11.5 Å². The van der Waals surface area contributed by atoms with Crippen molar-refractivity contribution in [2.75, 3.05) is 27.4 Å². The van der Waals surface area contributed by atoms with E-state index in [0.717, 1.165) is 15.8 Å². The molecule has 2 aromatic carbocycles. The highest BCUT2D eigenvalue weighted by Crippen LogP contribution is 2.28. The molecule has 0 atom stereocenters. The molecule has 0 N–H and O–H groups in total. The van der Waals surface area contributed by atoms with Crippen LogP contribution in [0.15, 0.2) is 41.4 Å². The van der Waals surface area contributed by atoms with E-state index in [1.807, 2.05) is 35.8 Å². The van der Waals surface area contributed by atoms with Gasteiger partial charge in [0.05, 0.1) is 37.5 Å². The second kappa shape index (κ2) is 9.91. The molecule has 3 aromatic rings. The fourth-order valence-electron chi connectivity index (χ4n) is 2.96. The number of benzene rings is 2. The van der Waals surface area contributed by atoms with Crippen LogP contribution in [0.2, 0.25) is 5.02 Å². The van der Waals surface area contributed by atoms with Crippen molar-refractivity contribution in [3.63, 3.8) is 0 Å². The van der Waals surface area contributed by atoms with Crippen LogP contribution in [0.5, 0.6) is 11.5 Å². The number of aromatic nitrogens is 1. The van der Waals surface area contributed by atoms with Crippen molar-refractivity contribution >= 4 is 39.1 Å². The third-order valence-corrected chi connectivity index (χ3v) is 5.61. The van der Waals surface area contributed by atoms with E-state index < -0.39 is 0 Å². The first-order valence-electron chi connectivity index (χ1n) is 9.20. The van der Waals surface area contributed by atoms with Crippen LogP contribution in [0.1, 0.15) is 12.5 Å². The zero-order valence-corrected chi connectivity index (χ0v) is 18.2. The summed E-state index contributed by atoms with van der Waals surface area (Å²) in [6.07, 6.45) is 0.167. The molecule has 0 fully saturated rings. The van der Waals surface area contributed by atoms with Gasteiger partial charge in [-0.1, -0.05) is 29.0 Å². The molecule has 29 heavy (non-hydrogen) atoms. The topological polar surface area (TPSA) is 62.1 Å². The van der Waals surface area contributed by atoms with Gasteiger partial charge in [0.1, 0.15) is 0 Å². The average Bonchev–Trinajstić information content (AvgIpc) is 3.03. The molecule has 0 radical (unpaired) electrons. The molecule has 3 rings (SSSR count). The Hall–Kier alpha value is -2.35. The number of amides is 1. The molecule has 1 aromatic heterocycles. The van der Waals surface area contributed by atoms with E-state index in [9.17, 15) is 4.79 Å². The standard InChI is InChI=1S/C21H23ClN2O4S/c1-4-28-10-9-24-16-7-6-15(22)13-19(16)29-21(24)23-20(25)12-14-5-8-17(26-2)18(11-14)27-3/h5-8,11,13H,4,9-10,12H2,1-3H3. The van der Waals surface area contributed by atoms with E-state index in [0.29, 0.717) is 41.1 Å². The quantitative estimate of drug-likeness (QED) is 0.501. The van der Waals surface area contributed by atoms with Crippen LogP contribution >= 0.6 is 22.9 Å². The lowest BCUT2D eigenvalue weighted by atomic mass is 10.1. The zero-order valence-electron chi connectivity index (χ0n) is 16.6. The lowest BCUT2D eigenvalue weighted by molar-refractivity contribution is -0.117. The maximum atomic E-state index is 12.7. The van der Waals surface area contributed by atoms with E-state index in [4.69, 9.17) is 25.8 Å². The molecule has 8 heteroatoms. The molecule has 1 heterocycles. The smallest absolute Gasteiger partial charge is 0.252 e. The van der Waals surface area contributed by atoms with Crippen LogP contribution in [-0.4, -0.2) is 37.9 Å². The second-order valence-electron chi connectivity index (χ2n) is 6.22. The van der Waals surface area contributed by atoms with E-state index in [2.05, 4.69) is 4.99 Å². The van der Waals surface area contributed by atoms with Gasteiger partial charge in [-0.05, 0) is 42.8 Å². The minimum absolute atomic E-state index is 0.167. The highest BCUT2D eigenvalue weighted by atomic mass is 35.5. The number of carbonyl (C=O) groups is 1. The highest BCUT2D eigenvalue weighted by molar-refractivity contribution is 7.16. The minimum atomic E-state index is -0.236. The summed E-state index contributed by atoms with van der Waals surface area (Å²) in [5.74, 6) is 0.969. The summed E-state index contributed by atoms with van der Waals surface area (Å²) in [7, 11) is 3.14. The number of hydrogen-bond donors (Lipinski definition) is 0. The molecule has 0 aliphatic rings. The number of halogens is 1. The summed E-state index contributed by atoms with van der Waals surface area (Å²) in [5.41, 5.74) is 1.79. The van der Waals surface area contributed by atoms with E-state index in [1.54, 1.807) is 26.4 Å². The van der Waals surface area contributed by atoms with E-state index in [1.165, 1.54) is 11.3 Å². The van der Waals surface area contributed by atoms with Crippen LogP contribution in [-0.2, 0) is 22.5 Å². The molecule has 0 aliphatic carbocycles. The maximum absolute atomic E-state index is 12.7. The van der Waals surface area contributed by atoms with Gasteiger partial charge >= 0.3 is 0 Å². The highest BCUT2D eigenvalue weighted by Gasteiger charge is 2.11. The first-order chi connectivity index (χ1) is 14.0. The lowest BCUT2D eigenvalue weighted by Crippen LogP contribution is -2.20. The predicted molar refractivity (Wildman–Crippen MR) is 115 cm³/mol. The fourth-order valence-corrected chi connectivity index (χ4v) is 4.31. The summed E-state index contributed by atoms with van der Waals surface area (Å²) in [4.78, 5) is 17.7. The predicted octanol–water partition coefficient (Wildman–Crippen LogP) is 4.08. The Labute approximate surface area is 178 Å². The van der Waals surface area contributed by atoms with Crippen LogP contribution < -0.4 is 14.3 Å². The Morgan fingerprint density at radius 3 is 2.66 bits per heavy atom. The van der Waals surface area contributed by atoms with Crippen molar-refractivity contribution in [3.05, 3.63) is 51.8 Å². The zero-order chi connectivity index (χ0) is 20.8. The summed E-state index contributed by atoms with van der Waals surface area (Å²) >= 11 is 7.57. The Morgan fingerprint density at radius 1 is 1.14 bits per heavy atom. The summed E-state index contributed by atoms with van der Waals surface area (Å²) < 4.78 is 19.0. The van der Waals surface area contributed by atoms with Gasteiger partial charge in [0.2, 0.25) is 0 Å². The maximum Gasteiger partial charge on any atom is 0.252 e. The SMILES string of the molecule is CCOCCn1c(=NC(=O)Cc2ccc(OC)c(OC)c2)sc2cc(Cl)ccc21. The van der Waals surface area contributed by atoms with Crippen molar-refractivity contribution in [1.29, 1.82) is 0 Å². The molecule has 0 spiro atoms. The van der Waals surface area contributed by atoms with Gasteiger partial charge in [-0.15, -0.1) is 0 Å². The van der Waals surface area contributed by atoms with Crippen LogP contribution in [0.25, 0.3) is 10.2 Å². The number of hydrogen-bond acceptors (Lipinski definition) is 5. The minimum Gasteiger partial charge on any atom is -0.493 e. The molecule has 154 valence electrons. The molecule has 0 bridgehead atoms. The van der Waals surface area contributed by atoms with Gasteiger partial charge in [0, 0.05) is 18.2 Å². The fraction of sp³-hybridized carbons (Fsp3) is 0.333. The monoisotopic (exact) mass is 434 g/mol. The van der Waals surface area contributed by atoms with Crippen molar-refractivity contribution in [1.82, 2.24) is 4.57 Å². The molecular weight excluding hydrogens is 412 g/mol. The molecule has 0 saturated heterocycles. The molecule has 0 aliphatic heterocycles. The van der Waals surface area contributed by atoms with Gasteiger partial charge in [-0.2, -0.15) is 4.99 Å². The second-order valence-corrected chi connectivity index (χ2v) is 7.66. The molecule has 0 unspecified atom stereocenters. The molecular formula is C21H23ClN2O4S. The Balaban J connectivity index is 1.92. The normalized spacial score (nSPS) is 11.8. The Morgan fingerprint density at radius 2 is 1.93 bits per heavy atom. The van der Waals surface area contributed by atoms with Crippen molar-refractivity contribution in [2.45, 2.75) is 19.9 Å². The van der Waals surface area contributed by atoms with Crippen LogP contribution in [0, 0.1) is 0 Å². The summed E-state index contributed by atoms with van der Waals surface area (Å²) in [6.45, 7) is 3.74. The third kappa shape index (κ3) is 5.18. The molecule has 6 nitrogen and oxygen atoms in total. The first-order valence-corrected chi connectivity index (χ1v) is 10.4. The third-order valence-electron chi connectivity index (χ3n) is 4.33. The number of ether oxygens (including phenoxy) is 3. The summed E-state index contributed by atoms with van der Waals surface area (Å²) in [6, 6.07) is 11.1. The molecule has 0 saturated carbocycles. The number of rotatable bonds is 8. The number of fused-ring (bicyclic) bond motifs is 1. The van der Waals surface area contributed by atoms with Gasteiger partial charge in [0.25, 0.3) is 5.91 Å². The van der Waals surface area contributed by atoms with Gasteiger partial charge in [-0.3, -0.25) is 4.79 Å².